The van der Waals surface area contributed by atoms with Crippen LogP contribution in [0, 0.1) is 0 Å². The number of carbonyl (C=O) groups is 2. The molecule has 0 aliphatic rings. The Balaban J connectivity index is 2.79. The van der Waals surface area contributed by atoms with Gasteiger partial charge in [-0.05, 0) is 17.7 Å². The van der Waals surface area contributed by atoms with E-state index in [0.717, 1.165) is 10.5 Å². The number of hydrogen-bond acceptors (Lipinski definition) is 5. The lowest BCUT2D eigenvalue weighted by Gasteiger charge is -2.24. The molecule has 1 aromatic rings. The van der Waals surface area contributed by atoms with Crippen LogP contribution in [0.1, 0.15) is 5.56 Å². The van der Waals surface area contributed by atoms with E-state index in [9.17, 15) is 14.7 Å². The molecular formula is C16H22N4O4. The first-order valence-electron chi connectivity index (χ1n) is 7.26. The van der Waals surface area contributed by atoms with Crippen LogP contribution >= 0.6 is 0 Å². The van der Waals surface area contributed by atoms with E-state index < -0.39 is 18.1 Å². The highest BCUT2D eigenvalue weighted by Gasteiger charge is 2.27. The molecule has 0 saturated carbocycles. The van der Waals surface area contributed by atoms with Gasteiger partial charge in [-0.2, -0.15) is 0 Å². The largest absolute Gasteiger partial charge is 0.480 e. The standard InChI is InChI=1S/C16H22N4O4/c1-5-10-24-16(23)20(4)14(15(21)22)11-12-6-8-13(9-7-12)17-18-19(2)3/h5-9,14H,1,10-11H2,2-4H3,(H,21,22)/t14-/m0/s1. The van der Waals surface area contributed by atoms with Gasteiger partial charge in [0.25, 0.3) is 0 Å². The Morgan fingerprint density at radius 3 is 2.42 bits per heavy atom. The van der Waals surface area contributed by atoms with Crippen LogP contribution in [0.15, 0.2) is 47.3 Å². The lowest BCUT2D eigenvalue weighted by molar-refractivity contribution is -0.142. The number of likely N-dealkylation sites (N-methyl/N-ethyl adjacent to an activating group) is 1. The first-order valence-corrected chi connectivity index (χ1v) is 7.26. The Labute approximate surface area is 141 Å². The number of amides is 1. The predicted molar refractivity (Wildman–Crippen MR) is 89.1 cm³/mol. The van der Waals surface area contributed by atoms with Gasteiger partial charge >= 0.3 is 12.1 Å². The highest BCUT2D eigenvalue weighted by atomic mass is 16.6. The van der Waals surface area contributed by atoms with Gasteiger partial charge in [0.2, 0.25) is 0 Å². The van der Waals surface area contributed by atoms with Crippen LogP contribution in [-0.4, -0.2) is 60.9 Å². The third-order valence-corrected chi connectivity index (χ3v) is 3.07. The molecule has 0 aliphatic carbocycles. The van der Waals surface area contributed by atoms with Gasteiger partial charge in [0.05, 0.1) is 5.69 Å². The molecule has 130 valence electrons. The van der Waals surface area contributed by atoms with E-state index in [2.05, 4.69) is 16.9 Å². The van der Waals surface area contributed by atoms with Crippen molar-refractivity contribution in [3.05, 3.63) is 42.5 Å². The predicted octanol–water partition coefficient (Wildman–Crippen LogP) is 2.50. The van der Waals surface area contributed by atoms with E-state index in [1.165, 1.54) is 13.1 Å². The number of ether oxygens (including phenoxy) is 1. The molecule has 8 nitrogen and oxygen atoms in total. The maximum absolute atomic E-state index is 11.8. The molecule has 0 bridgehead atoms. The quantitative estimate of drug-likeness (QED) is 0.448. The molecule has 0 unspecified atom stereocenters. The van der Waals surface area contributed by atoms with Gasteiger partial charge < -0.3 is 9.84 Å². The van der Waals surface area contributed by atoms with Crippen LogP contribution in [0.3, 0.4) is 0 Å². The van der Waals surface area contributed by atoms with Gasteiger partial charge in [0.15, 0.2) is 0 Å². The maximum Gasteiger partial charge on any atom is 0.410 e. The number of aliphatic carboxylic acids is 1. The normalized spacial score (nSPS) is 11.8. The minimum atomic E-state index is -1.11. The number of hydrogen-bond donors (Lipinski definition) is 1. The first-order chi connectivity index (χ1) is 11.3. The van der Waals surface area contributed by atoms with Crippen LogP contribution in [-0.2, 0) is 16.0 Å². The molecular weight excluding hydrogens is 312 g/mol. The molecule has 0 saturated heterocycles. The van der Waals surface area contributed by atoms with Crippen molar-refractivity contribution < 1.29 is 19.4 Å². The molecule has 0 radical (unpaired) electrons. The molecule has 1 rings (SSSR count). The van der Waals surface area contributed by atoms with E-state index in [4.69, 9.17) is 4.74 Å². The summed E-state index contributed by atoms with van der Waals surface area (Å²) in [6, 6.07) is 5.94. The van der Waals surface area contributed by atoms with Gasteiger partial charge in [-0.3, -0.25) is 9.91 Å². The van der Waals surface area contributed by atoms with Crippen molar-refractivity contribution in [1.82, 2.24) is 9.91 Å². The SMILES string of the molecule is C=CCOC(=O)N(C)[C@@H](Cc1ccc(N=NN(C)C)cc1)C(=O)O. The van der Waals surface area contributed by atoms with Gasteiger partial charge in [-0.15, -0.1) is 5.11 Å². The fraction of sp³-hybridized carbons (Fsp3) is 0.375. The Bertz CT molecular complexity index is 599. The van der Waals surface area contributed by atoms with E-state index in [-0.39, 0.29) is 13.0 Å². The van der Waals surface area contributed by atoms with Crippen LogP contribution in [0.25, 0.3) is 0 Å². The first kappa shape index (κ1) is 19.1. The Morgan fingerprint density at radius 2 is 1.92 bits per heavy atom. The molecule has 24 heavy (non-hydrogen) atoms. The number of carboxylic acid groups (broad SMARTS) is 1. The molecule has 1 aromatic carbocycles. The zero-order chi connectivity index (χ0) is 18.1. The molecule has 1 atom stereocenters. The third kappa shape index (κ3) is 6.07. The summed E-state index contributed by atoms with van der Waals surface area (Å²) in [5.41, 5.74) is 1.41. The van der Waals surface area contributed by atoms with Crippen molar-refractivity contribution in [2.75, 3.05) is 27.7 Å². The van der Waals surface area contributed by atoms with Crippen LogP contribution in [0.5, 0.6) is 0 Å². The van der Waals surface area contributed by atoms with Crippen LogP contribution in [0.4, 0.5) is 10.5 Å². The van der Waals surface area contributed by atoms with Crippen molar-refractivity contribution in [2.24, 2.45) is 10.3 Å². The molecule has 8 heteroatoms. The van der Waals surface area contributed by atoms with E-state index in [1.807, 2.05) is 0 Å². The molecule has 0 aliphatic heterocycles. The zero-order valence-electron chi connectivity index (χ0n) is 14.0. The highest BCUT2D eigenvalue weighted by molar-refractivity contribution is 5.80. The number of rotatable bonds is 8. The summed E-state index contributed by atoms with van der Waals surface area (Å²) >= 11 is 0. The topological polar surface area (TPSA) is 94.8 Å². The van der Waals surface area contributed by atoms with E-state index in [1.54, 1.807) is 43.4 Å². The minimum absolute atomic E-state index is 0.0289. The maximum atomic E-state index is 11.8. The van der Waals surface area contributed by atoms with Crippen molar-refractivity contribution in [1.29, 1.82) is 0 Å². The van der Waals surface area contributed by atoms with E-state index in [0.29, 0.717) is 5.69 Å². The Hall–Kier alpha value is -2.90. The fourth-order valence-electron chi connectivity index (χ4n) is 1.81. The summed E-state index contributed by atoms with van der Waals surface area (Å²) in [5, 5.41) is 18.8. The summed E-state index contributed by atoms with van der Waals surface area (Å²) in [4.78, 5) is 24.3. The monoisotopic (exact) mass is 334 g/mol. The van der Waals surface area contributed by atoms with Crippen LogP contribution < -0.4 is 0 Å². The van der Waals surface area contributed by atoms with Crippen molar-refractivity contribution in [3.8, 4) is 0 Å². The van der Waals surface area contributed by atoms with Crippen molar-refractivity contribution in [2.45, 2.75) is 12.5 Å². The molecule has 0 heterocycles. The van der Waals surface area contributed by atoms with Crippen molar-refractivity contribution >= 4 is 17.7 Å². The summed E-state index contributed by atoms with van der Waals surface area (Å²) in [6.45, 7) is 3.47. The Kier molecular flexibility index (Phi) is 7.41. The lowest BCUT2D eigenvalue weighted by atomic mass is 10.0. The molecule has 0 spiro atoms. The minimum Gasteiger partial charge on any atom is -0.480 e. The zero-order valence-corrected chi connectivity index (χ0v) is 14.0. The number of carboxylic acids is 1. The number of benzene rings is 1. The summed E-state index contributed by atoms with van der Waals surface area (Å²) < 4.78 is 4.87. The fourth-order valence-corrected chi connectivity index (χ4v) is 1.81. The Morgan fingerprint density at radius 1 is 1.29 bits per heavy atom. The third-order valence-electron chi connectivity index (χ3n) is 3.07. The molecule has 1 N–H and O–H groups in total. The summed E-state index contributed by atoms with van der Waals surface area (Å²) in [7, 11) is 4.91. The highest BCUT2D eigenvalue weighted by Crippen LogP contribution is 2.16. The molecule has 0 aromatic heterocycles. The van der Waals surface area contributed by atoms with Gasteiger partial charge in [0.1, 0.15) is 12.6 Å². The average Bonchev–Trinajstić information content (AvgIpc) is 2.55. The number of carbonyl (C=O) groups excluding carboxylic acids is 1. The van der Waals surface area contributed by atoms with E-state index >= 15 is 0 Å². The van der Waals surface area contributed by atoms with Crippen molar-refractivity contribution in [3.63, 3.8) is 0 Å². The number of nitrogens with zero attached hydrogens (tertiary/aromatic N) is 4. The van der Waals surface area contributed by atoms with Crippen LogP contribution in [0.2, 0.25) is 0 Å². The lowest BCUT2D eigenvalue weighted by Crippen LogP contribution is -2.44. The average molecular weight is 334 g/mol. The van der Waals surface area contributed by atoms with Gasteiger partial charge in [0, 0.05) is 27.6 Å². The molecule has 1 amide bonds. The second-order valence-electron chi connectivity index (χ2n) is 5.24. The second-order valence-corrected chi connectivity index (χ2v) is 5.24. The molecule has 0 fully saturated rings. The smallest absolute Gasteiger partial charge is 0.410 e. The second kappa shape index (κ2) is 9.29. The summed E-state index contributed by atoms with van der Waals surface area (Å²) in [5.74, 6) is -1.11. The summed E-state index contributed by atoms with van der Waals surface area (Å²) in [6.07, 6.45) is 0.863. The van der Waals surface area contributed by atoms with Gasteiger partial charge in [-0.25, -0.2) is 9.59 Å². The van der Waals surface area contributed by atoms with Gasteiger partial charge in [-0.1, -0.05) is 30.0 Å².